The molecule has 1 aliphatic carbocycles. The van der Waals surface area contributed by atoms with Crippen LogP contribution in [0, 0.1) is 6.92 Å². The van der Waals surface area contributed by atoms with Crippen molar-refractivity contribution in [3.05, 3.63) is 62.3 Å². The number of nitrogens with two attached hydrogens (primary N) is 1. The van der Waals surface area contributed by atoms with Gasteiger partial charge in [0.1, 0.15) is 11.5 Å². The van der Waals surface area contributed by atoms with Gasteiger partial charge in [0, 0.05) is 16.3 Å². The minimum atomic E-state index is -0.521. The largest absolute Gasteiger partial charge is 0.365 e. The number of carbonyl (C=O) groups is 2. The van der Waals surface area contributed by atoms with Gasteiger partial charge in [0.25, 0.3) is 11.5 Å². The van der Waals surface area contributed by atoms with Crippen LogP contribution < -0.4 is 16.6 Å². The van der Waals surface area contributed by atoms with Crippen molar-refractivity contribution in [2.45, 2.75) is 39.2 Å². The van der Waals surface area contributed by atoms with Crippen LogP contribution in [0.4, 0.5) is 5.00 Å². The first kappa shape index (κ1) is 18.4. The van der Waals surface area contributed by atoms with E-state index >= 15 is 0 Å². The molecule has 0 bridgehead atoms. The Morgan fingerprint density at radius 3 is 2.75 bits per heavy atom. The fraction of sp³-hybridized carbons (Fsp3) is 0.286. The predicted octanol–water partition coefficient (Wildman–Crippen LogP) is 2.99. The summed E-state index contributed by atoms with van der Waals surface area (Å²) in [6.07, 6.45) is 3.80. The normalized spacial score (nSPS) is 13.3. The maximum absolute atomic E-state index is 12.7. The molecule has 0 saturated carbocycles. The summed E-state index contributed by atoms with van der Waals surface area (Å²) in [5.41, 5.74) is 8.34. The number of para-hydroxylation sites is 1. The van der Waals surface area contributed by atoms with Gasteiger partial charge in [0.15, 0.2) is 0 Å². The SMILES string of the molecule is Cc1cc(=O)n(CC(=O)Nc2sc3c(c2C(N)=O)CCCC3)c2ccccc12. The Morgan fingerprint density at radius 1 is 1.21 bits per heavy atom. The molecule has 6 nitrogen and oxygen atoms in total. The predicted molar refractivity (Wildman–Crippen MR) is 111 cm³/mol. The molecule has 3 N–H and O–H groups in total. The summed E-state index contributed by atoms with van der Waals surface area (Å²) < 4.78 is 1.45. The second-order valence-corrected chi connectivity index (χ2v) is 8.20. The van der Waals surface area contributed by atoms with Crippen molar-refractivity contribution in [2.24, 2.45) is 5.73 Å². The lowest BCUT2D eigenvalue weighted by atomic mass is 9.95. The van der Waals surface area contributed by atoms with Crippen molar-refractivity contribution in [1.82, 2.24) is 4.57 Å². The van der Waals surface area contributed by atoms with Crippen molar-refractivity contribution in [2.75, 3.05) is 5.32 Å². The zero-order chi connectivity index (χ0) is 19.8. The maximum atomic E-state index is 12.7. The van der Waals surface area contributed by atoms with E-state index in [0.717, 1.165) is 47.1 Å². The molecule has 1 aliphatic rings. The van der Waals surface area contributed by atoms with Gasteiger partial charge in [-0.05, 0) is 49.8 Å². The van der Waals surface area contributed by atoms with Crippen molar-refractivity contribution in [1.29, 1.82) is 0 Å². The number of hydrogen-bond donors (Lipinski definition) is 2. The molecule has 4 rings (SSSR count). The highest BCUT2D eigenvalue weighted by Crippen LogP contribution is 2.37. The van der Waals surface area contributed by atoms with Crippen LogP contribution in [0.15, 0.2) is 35.1 Å². The minimum Gasteiger partial charge on any atom is -0.365 e. The summed E-state index contributed by atoms with van der Waals surface area (Å²) in [7, 11) is 0. The molecule has 0 aliphatic heterocycles. The van der Waals surface area contributed by atoms with Crippen molar-refractivity contribution in [3.63, 3.8) is 0 Å². The molecule has 0 radical (unpaired) electrons. The number of pyridine rings is 1. The Hall–Kier alpha value is -2.93. The van der Waals surface area contributed by atoms with Crippen LogP contribution in [0.25, 0.3) is 10.9 Å². The van der Waals surface area contributed by atoms with Gasteiger partial charge in [-0.3, -0.25) is 19.0 Å². The van der Waals surface area contributed by atoms with E-state index in [4.69, 9.17) is 5.73 Å². The van der Waals surface area contributed by atoms with Crippen LogP contribution >= 0.6 is 11.3 Å². The smallest absolute Gasteiger partial charge is 0.251 e. The van der Waals surface area contributed by atoms with Crippen molar-refractivity contribution in [3.8, 4) is 0 Å². The summed E-state index contributed by atoms with van der Waals surface area (Å²) >= 11 is 1.42. The number of amides is 2. The lowest BCUT2D eigenvalue weighted by Gasteiger charge is -2.12. The van der Waals surface area contributed by atoms with Crippen LogP contribution in [0.3, 0.4) is 0 Å². The van der Waals surface area contributed by atoms with E-state index in [0.29, 0.717) is 16.1 Å². The first-order chi connectivity index (χ1) is 13.5. The Balaban J connectivity index is 1.67. The number of anilines is 1. The molecule has 0 fully saturated rings. The van der Waals surface area contributed by atoms with Gasteiger partial charge >= 0.3 is 0 Å². The molecule has 0 spiro atoms. The standard InChI is InChI=1S/C21H21N3O3S/c1-12-10-18(26)24(15-8-4-2-6-13(12)15)11-17(25)23-21-19(20(22)27)14-7-3-5-9-16(14)28-21/h2,4,6,8,10H,3,5,7,9,11H2,1H3,(H2,22,27)(H,23,25). The first-order valence-corrected chi connectivity index (χ1v) is 10.1. The second-order valence-electron chi connectivity index (χ2n) is 7.10. The number of primary amides is 1. The summed E-state index contributed by atoms with van der Waals surface area (Å²) in [4.78, 5) is 38.3. The molecule has 144 valence electrons. The number of nitrogens with one attached hydrogen (secondary N) is 1. The highest BCUT2D eigenvalue weighted by Gasteiger charge is 2.25. The van der Waals surface area contributed by atoms with Gasteiger partial charge in [-0.2, -0.15) is 0 Å². The molecule has 2 aromatic heterocycles. The second kappa shape index (κ2) is 7.24. The van der Waals surface area contributed by atoms with Gasteiger partial charge in [-0.25, -0.2) is 0 Å². The fourth-order valence-electron chi connectivity index (χ4n) is 3.89. The molecular formula is C21H21N3O3S. The number of nitrogens with zero attached hydrogens (tertiary/aromatic N) is 1. The number of aryl methyl sites for hydroxylation is 2. The summed E-state index contributed by atoms with van der Waals surface area (Å²) in [5.74, 6) is -0.871. The molecule has 0 atom stereocenters. The molecule has 0 unspecified atom stereocenters. The number of carbonyl (C=O) groups excluding carboxylic acids is 2. The molecule has 0 saturated heterocycles. The van der Waals surface area contributed by atoms with Gasteiger partial charge in [0.05, 0.1) is 11.1 Å². The molecule has 1 aromatic carbocycles. The fourth-order valence-corrected chi connectivity index (χ4v) is 5.20. The highest BCUT2D eigenvalue weighted by atomic mass is 32.1. The Bertz CT molecular complexity index is 1160. The van der Waals surface area contributed by atoms with Crippen LogP contribution in [-0.2, 0) is 24.2 Å². The van der Waals surface area contributed by atoms with Gasteiger partial charge < -0.3 is 11.1 Å². The Labute approximate surface area is 166 Å². The van der Waals surface area contributed by atoms with Crippen LogP contribution in [0.1, 0.15) is 39.2 Å². The third-order valence-corrected chi connectivity index (χ3v) is 6.41. The summed E-state index contributed by atoms with van der Waals surface area (Å²) in [5, 5.41) is 4.25. The van der Waals surface area contributed by atoms with Crippen LogP contribution in [0.2, 0.25) is 0 Å². The van der Waals surface area contributed by atoms with Gasteiger partial charge in [-0.15, -0.1) is 11.3 Å². The summed E-state index contributed by atoms with van der Waals surface area (Å²) in [6, 6.07) is 9.04. The number of benzene rings is 1. The lowest BCUT2D eigenvalue weighted by Crippen LogP contribution is -2.28. The maximum Gasteiger partial charge on any atom is 0.251 e. The van der Waals surface area contributed by atoms with E-state index in [9.17, 15) is 14.4 Å². The monoisotopic (exact) mass is 395 g/mol. The first-order valence-electron chi connectivity index (χ1n) is 9.29. The Kier molecular flexibility index (Phi) is 4.77. The third kappa shape index (κ3) is 3.22. The number of fused-ring (bicyclic) bond motifs is 2. The zero-order valence-electron chi connectivity index (χ0n) is 15.6. The van der Waals surface area contributed by atoms with Crippen molar-refractivity contribution < 1.29 is 9.59 Å². The average Bonchev–Trinajstić information content (AvgIpc) is 3.03. The van der Waals surface area contributed by atoms with E-state index < -0.39 is 5.91 Å². The van der Waals surface area contributed by atoms with Gasteiger partial charge in [-0.1, -0.05) is 18.2 Å². The topological polar surface area (TPSA) is 94.2 Å². The minimum absolute atomic E-state index is 0.125. The molecule has 7 heteroatoms. The number of hydrogen-bond acceptors (Lipinski definition) is 4. The van der Waals surface area contributed by atoms with Crippen LogP contribution in [0.5, 0.6) is 0 Å². The van der Waals surface area contributed by atoms with Crippen molar-refractivity contribution >= 4 is 39.1 Å². The molecule has 3 aromatic rings. The third-order valence-electron chi connectivity index (χ3n) is 5.20. The van der Waals surface area contributed by atoms with E-state index in [-0.39, 0.29) is 18.0 Å². The Morgan fingerprint density at radius 2 is 1.96 bits per heavy atom. The molecule has 28 heavy (non-hydrogen) atoms. The molecule has 2 amide bonds. The van der Waals surface area contributed by atoms with E-state index in [2.05, 4.69) is 5.32 Å². The quantitative estimate of drug-likeness (QED) is 0.711. The van der Waals surface area contributed by atoms with E-state index in [1.807, 2.05) is 31.2 Å². The molecule has 2 heterocycles. The number of thiophene rings is 1. The zero-order valence-corrected chi connectivity index (χ0v) is 16.4. The van der Waals surface area contributed by atoms with Crippen LogP contribution in [-0.4, -0.2) is 16.4 Å². The average molecular weight is 395 g/mol. The lowest BCUT2D eigenvalue weighted by molar-refractivity contribution is -0.116. The summed E-state index contributed by atoms with van der Waals surface area (Å²) in [6.45, 7) is 1.75. The number of aromatic nitrogens is 1. The number of rotatable bonds is 4. The molecular weight excluding hydrogens is 374 g/mol. The van der Waals surface area contributed by atoms with E-state index in [1.54, 1.807) is 0 Å². The van der Waals surface area contributed by atoms with Gasteiger partial charge in [0.2, 0.25) is 5.91 Å². The highest BCUT2D eigenvalue weighted by molar-refractivity contribution is 7.17. The van der Waals surface area contributed by atoms with E-state index in [1.165, 1.54) is 22.0 Å².